The maximum atomic E-state index is 12.4. The second kappa shape index (κ2) is 6.80. The van der Waals surface area contributed by atoms with E-state index >= 15 is 0 Å². The SMILES string of the molecule is CCNc1ccc(Cl)cc1NC(=O)c1cnn(-c2nccs2)c1. The first kappa shape index (κ1) is 15.5. The van der Waals surface area contributed by atoms with Crippen molar-refractivity contribution in [2.24, 2.45) is 0 Å². The number of aromatic nitrogens is 3. The molecular formula is C15H14ClN5OS. The van der Waals surface area contributed by atoms with Crippen LogP contribution in [0.1, 0.15) is 17.3 Å². The molecule has 0 spiro atoms. The summed E-state index contributed by atoms with van der Waals surface area (Å²) in [6, 6.07) is 5.32. The van der Waals surface area contributed by atoms with Crippen LogP contribution in [0.25, 0.3) is 5.13 Å². The third kappa shape index (κ3) is 3.52. The van der Waals surface area contributed by atoms with E-state index in [0.717, 1.165) is 12.2 Å². The number of carbonyl (C=O) groups excluding carboxylic acids is 1. The summed E-state index contributed by atoms with van der Waals surface area (Å²) in [6.45, 7) is 2.73. The summed E-state index contributed by atoms with van der Waals surface area (Å²) in [6.07, 6.45) is 4.84. The monoisotopic (exact) mass is 347 g/mol. The molecule has 0 aliphatic carbocycles. The molecule has 3 aromatic rings. The molecule has 6 nitrogen and oxygen atoms in total. The Kier molecular flexibility index (Phi) is 4.59. The number of thiazole rings is 1. The third-order valence-electron chi connectivity index (χ3n) is 3.06. The standard InChI is InChI=1S/C15H14ClN5OS/c1-2-17-12-4-3-11(16)7-13(12)20-14(22)10-8-19-21(9-10)15-18-5-6-23-15/h3-9,17H,2H2,1H3,(H,20,22). The minimum atomic E-state index is -0.255. The van der Waals surface area contributed by atoms with Gasteiger partial charge in [-0.2, -0.15) is 5.10 Å². The van der Waals surface area contributed by atoms with Crippen LogP contribution in [0.15, 0.2) is 42.2 Å². The molecular weight excluding hydrogens is 334 g/mol. The summed E-state index contributed by atoms with van der Waals surface area (Å²) in [4.78, 5) is 16.6. The molecule has 0 saturated heterocycles. The highest BCUT2D eigenvalue weighted by molar-refractivity contribution is 7.12. The molecule has 0 atom stereocenters. The fourth-order valence-corrected chi connectivity index (χ4v) is 2.78. The largest absolute Gasteiger partial charge is 0.384 e. The Hall–Kier alpha value is -2.38. The Morgan fingerprint density at radius 3 is 3.00 bits per heavy atom. The van der Waals surface area contributed by atoms with Crippen molar-refractivity contribution in [2.75, 3.05) is 17.2 Å². The Morgan fingerprint density at radius 2 is 2.26 bits per heavy atom. The Morgan fingerprint density at radius 1 is 1.39 bits per heavy atom. The smallest absolute Gasteiger partial charge is 0.258 e. The van der Waals surface area contributed by atoms with Gasteiger partial charge in [-0.3, -0.25) is 4.79 Å². The van der Waals surface area contributed by atoms with Crippen LogP contribution in [0.2, 0.25) is 5.02 Å². The summed E-state index contributed by atoms with van der Waals surface area (Å²) in [5.41, 5.74) is 1.89. The Bertz CT molecular complexity index is 815. The first-order chi connectivity index (χ1) is 11.2. The topological polar surface area (TPSA) is 71.8 Å². The number of halogens is 1. The highest BCUT2D eigenvalue weighted by atomic mass is 35.5. The van der Waals surface area contributed by atoms with Gasteiger partial charge in [0.2, 0.25) is 5.13 Å². The maximum Gasteiger partial charge on any atom is 0.258 e. The van der Waals surface area contributed by atoms with Gasteiger partial charge in [-0.1, -0.05) is 11.6 Å². The average Bonchev–Trinajstić information content (AvgIpc) is 3.20. The van der Waals surface area contributed by atoms with E-state index in [9.17, 15) is 4.79 Å². The molecule has 0 bridgehead atoms. The zero-order valence-corrected chi connectivity index (χ0v) is 13.9. The molecule has 0 radical (unpaired) electrons. The molecule has 8 heteroatoms. The second-order valence-electron chi connectivity index (χ2n) is 4.66. The van der Waals surface area contributed by atoms with E-state index in [1.54, 1.807) is 29.2 Å². The van der Waals surface area contributed by atoms with Crippen LogP contribution in [0.5, 0.6) is 0 Å². The first-order valence-electron chi connectivity index (χ1n) is 6.96. The predicted molar refractivity (Wildman–Crippen MR) is 92.8 cm³/mol. The van der Waals surface area contributed by atoms with E-state index in [0.29, 0.717) is 21.4 Å². The Balaban J connectivity index is 1.81. The lowest BCUT2D eigenvalue weighted by molar-refractivity contribution is 0.102. The van der Waals surface area contributed by atoms with Crippen molar-refractivity contribution >= 4 is 40.2 Å². The lowest BCUT2D eigenvalue weighted by Crippen LogP contribution is -2.13. The van der Waals surface area contributed by atoms with Crippen LogP contribution in [0, 0.1) is 0 Å². The molecule has 0 fully saturated rings. The minimum absolute atomic E-state index is 0.255. The number of amides is 1. The number of nitrogens with one attached hydrogen (secondary N) is 2. The zero-order chi connectivity index (χ0) is 16.2. The summed E-state index contributed by atoms with van der Waals surface area (Å²) < 4.78 is 1.57. The Labute approximate surface area is 142 Å². The van der Waals surface area contributed by atoms with Gasteiger partial charge in [-0.05, 0) is 25.1 Å². The maximum absolute atomic E-state index is 12.4. The number of anilines is 2. The van der Waals surface area contributed by atoms with Crippen LogP contribution < -0.4 is 10.6 Å². The number of carbonyl (C=O) groups is 1. The highest BCUT2D eigenvalue weighted by Gasteiger charge is 2.13. The average molecular weight is 348 g/mol. The van der Waals surface area contributed by atoms with E-state index in [-0.39, 0.29) is 5.91 Å². The van der Waals surface area contributed by atoms with E-state index in [2.05, 4.69) is 20.7 Å². The van der Waals surface area contributed by atoms with E-state index in [1.807, 2.05) is 18.4 Å². The fourth-order valence-electron chi connectivity index (χ4n) is 2.03. The summed E-state index contributed by atoms with van der Waals surface area (Å²) in [7, 11) is 0. The van der Waals surface area contributed by atoms with Crippen molar-refractivity contribution in [3.8, 4) is 5.13 Å². The quantitative estimate of drug-likeness (QED) is 0.738. The lowest BCUT2D eigenvalue weighted by Gasteiger charge is -2.11. The molecule has 23 heavy (non-hydrogen) atoms. The van der Waals surface area contributed by atoms with Gasteiger partial charge in [-0.15, -0.1) is 11.3 Å². The number of hydrogen-bond acceptors (Lipinski definition) is 5. The van der Waals surface area contributed by atoms with Gasteiger partial charge in [0.05, 0.1) is 23.1 Å². The van der Waals surface area contributed by atoms with Crippen molar-refractivity contribution in [3.63, 3.8) is 0 Å². The minimum Gasteiger partial charge on any atom is -0.384 e. The van der Waals surface area contributed by atoms with Crippen molar-refractivity contribution in [1.82, 2.24) is 14.8 Å². The number of rotatable bonds is 5. The van der Waals surface area contributed by atoms with Crippen molar-refractivity contribution in [1.29, 1.82) is 0 Å². The molecule has 1 aromatic carbocycles. The van der Waals surface area contributed by atoms with Gasteiger partial charge < -0.3 is 10.6 Å². The lowest BCUT2D eigenvalue weighted by atomic mass is 10.2. The van der Waals surface area contributed by atoms with E-state index in [4.69, 9.17) is 11.6 Å². The molecule has 1 amide bonds. The molecule has 118 valence electrons. The number of nitrogens with zero attached hydrogens (tertiary/aromatic N) is 3. The van der Waals surface area contributed by atoms with E-state index in [1.165, 1.54) is 17.5 Å². The van der Waals surface area contributed by atoms with Crippen LogP contribution in [0.3, 0.4) is 0 Å². The number of benzene rings is 1. The first-order valence-corrected chi connectivity index (χ1v) is 8.22. The fraction of sp³-hybridized carbons (Fsp3) is 0.133. The molecule has 2 heterocycles. The van der Waals surface area contributed by atoms with Crippen LogP contribution >= 0.6 is 22.9 Å². The van der Waals surface area contributed by atoms with Crippen LogP contribution in [-0.2, 0) is 0 Å². The van der Waals surface area contributed by atoms with Crippen LogP contribution in [-0.4, -0.2) is 27.2 Å². The van der Waals surface area contributed by atoms with Gasteiger partial charge in [0, 0.05) is 29.3 Å². The highest BCUT2D eigenvalue weighted by Crippen LogP contribution is 2.26. The van der Waals surface area contributed by atoms with Gasteiger partial charge in [-0.25, -0.2) is 9.67 Å². The van der Waals surface area contributed by atoms with Gasteiger partial charge in [0.1, 0.15) is 0 Å². The predicted octanol–water partition coefficient (Wildman–Crippen LogP) is 3.67. The zero-order valence-electron chi connectivity index (χ0n) is 12.3. The molecule has 0 aliphatic rings. The summed E-state index contributed by atoms with van der Waals surface area (Å²) >= 11 is 7.46. The summed E-state index contributed by atoms with van der Waals surface area (Å²) in [5, 5.41) is 13.3. The molecule has 2 N–H and O–H groups in total. The third-order valence-corrected chi connectivity index (χ3v) is 4.05. The van der Waals surface area contributed by atoms with Gasteiger partial charge in [0.15, 0.2) is 0 Å². The van der Waals surface area contributed by atoms with Gasteiger partial charge >= 0.3 is 0 Å². The van der Waals surface area contributed by atoms with Crippen molar-refractivity contribution in [2.45, 2.75) is 6.92 Å². The summed E-state index contributed by atoms with van der Waals surface area (Å²) in [5.74, 6) is -0.255. The molecule has 0 aliphatic heterocycles. The normalized spacial score (nSPS) is 10.5. The van der Waals surface area contributed by atoms with Crippen LogP contribution in [0.4, 0.5) is 11.4 Å². The molecule has 0 saturated carbocycles. The number of hydrogen-bond donors (Lipinski definition) is 2. The molecule has 0 unspecified atom stereocenters. The second-order valence-corrected chi connectivity index (χ2v) is 5.97. The molecule has 3 rings (SSSR count). The van der Waals surface area contributed by atoms with Crippen molar-refractivity contribution < 1.29 is 4.79 Å². The van der Waals surface area contributed by atoms with E-state index < -0.39 is 0 Å². The molecule has 2 aromatic heterocycles. The van der Waals surface area contributed by atoms with Crippen molar-refractivity contribution in [3.05, 3.63) is 52.8 Å². The van der Waals surface area contributed by atoms with Gasteiger partial charge in [0.25, 0.3) is 5.91 Å².